The van der Waals surface area contributed by atoms with Crippen LogP contribution in [0.2, 0.25) is 0 Å². The molecule has 18 heavy (non-hydrogen) atoms. The lowest BCUT2D eigenvalue weighted by molar-refractivity contribution is 0.0343. The quantitative estimate of drug-likeness (QED) is 0.885. The van der Waals surface area contributed by atoms with Gasteiger partial charge in [-0.3, -0.25) is 4.98 Å². The number of ether oxygens (including phenoxy) is 1. The third-order valence-corrected chi connectivity index (χ3v) is 3.38. The van der Waals surface area contributed by atoms with Gasteiger partial charge in [-0.15, -0.1) is 0 Å². The molecule has 0 bridgehead atoms. The Hall–Kier alpha value is -1.13. The molecule has 4 nitrogen and oxygen atoms in total. The number of hydrogen-bond donors (Lipinski definition) is 1. The summed E-state index contributed by atoms with van der Waals surface area (Å²) in [6.07, 6.45) is 2.27. The second-order valence-corrected chi connectivity index (χ2v) is 5.13. The van der Waals surface area contributed by atoms with Crippen LogP contribution in [0, 0.1) is 6.92 Å². The van der Waals surface area contributed by atoms with Gasteiger partial charge in [-0.05, 0) is 33.9 Å². The predicted octanol–water partition coefficient (Wildman–Crippen LogP) is 1.72. The van der Waals surface area contributed by atoms with Crippen molar-refractivity contribution in [2.24, 2.45) is 0 Å². The van der Waals surface area contributed by atoms with Crippen LogP contribution in [0.1, 0.15) is 25.1 Å². The van der Waals surface area contributed by atoms with Gasteiger partial charge in [-0.25, -0.2) is 0 Å². The standard InChI is InChI=1S/C14H23N3O/c1-10-5-14(13(6-15-4)7-16-10)17-8-12(3)18-9-11(17)2/h5,7,11-12,15H,6,8-9H2,1-4H3. The molecule has 0 radical (unpaired) electrons. The van der Waals surface area contributed by atoms with Gasteiger partial charge >= 0.3 is 0 Å². The summed E-state index contributed by atoms with van der Waals surface area (Å²) in [5, 5.41) is 3.21. The van der Waals surface area contributed by atoms with Gasteiger partial charge in [0.15, 0.2) is 0 Å². The lowest BCUT2D eigenvalue weighted by Gasteiger charge is -2.39. The monoisotopic (exact) mass is 249 g/mol. The van der Waals surface area contributed by atoms with E-state index in [0.717, 1.165) is 25.4 Å². The normalized spacial score (nSPS) is 24.3. The van der Waals surface area contributed by atoms with Crippen LogP contribution >= 0.6 is 0 Å². The number of hydrogen-bond acceptors (Lipinski definition) is 4. The van der Waals surface area contributed by atoms with E-state index in [1.165, 1.54) is 11.3 Å². The fraction of sp³-hybridized carbons (Fsp3) is 0.643. The first-order valence-corrected chi connectivity index (χ1v) is 6.60. The minimum absolute atomic E-state index is 0.289. The van der Waals surface area contributed by atoms with Crippen molar-refractivity contribution >= 4 is 5.69 Å². The van der Waals surface area contributed by atoms with Crippen LogP contribution in [-0.4, -0.2) is 37.3 Å². The Kier molecular flexibility index (Phi) is 4.19. The zero-order valence-electron chi connectivity index (χ0n) is 11.7. The van der Waals surface area contributed by atoms with Crippen molar-refractivity contribution in [2.45, 2.75) is 39.5 Å². The Labute approximate surface area is 109 Å². The molecule has 2 rings (SSSR count). The first-order valence-electron chi connectivity index (χ1n) is 6.60. The summed E-state index contributed by atoms with van der Waals surface area (Å²) < 4.78 is 5.70. The van der Waals surface area contributed by atoms with Crippen LogP contribution in [-0.2, 0) is 11.3 Å². The third kappa shape index (κ3) is 2.82. The second-order valence-electron chi connectivity index (χ2n) is 5.13. The van der Waals surface area contributed by atoms with E-state index in [0.29, 0.717) is 6.04 Å². The predicted molar refractivity (Wildman–Crippen MR) is 74.0 cm³/mol. The number of morpholine rings is 1. The summed E-state index contributed by atoms with van der Waals surface area (Å²) >= 11 is 0. The summed E-state index contributed by atoms with van der Waals surface area (Å²) in [5.74, 6) is 0. The molecule has 2 unspecified atom stereocenters. The maximum Gasteiger partial charge on any atom is 0.0723 e. The van der Waals surface area contributed by atoms with E-state index >= 15 is 0 Å². The summed E-state index contributed by atoms with van der Waals surface area (Å²) in [7, 11) is 1.97. The summed E-state index contributed by atoms with van der Waals surface area (Å²) in [4.78, 5) is 6.84. The average molecular weight is 249 g/mol. The van der Waals surface area contributed by atoms with Gasteiger partial charge in [0.05, 0.1) is 12.7 Å². The second kappa shape index (κ2) is 5.67. The van der Waals surface area contributed by atoms with E-state index in [1.54, 1.807) is 0 Å². The van der Waals surface area contributed by atoms with Crippen molar-refractivity contribution in [3.63, 3.8) is 0 Å². The van der Waals surface area contributed by atoms with Crippen LogP contribution < -0.4 is 10.2 Å². The number of nitrogens with one attached hydrogen (secondary N) is 1. The molecule has 0 spiro atoms. The molecule has 100 valence electrons. The van der Waals surface area contributed by atoms with Gasteiger partial charge in [0.25, 0.3) is 0 Å². The number of aromatic nitrogens is 1. The highest BCUT2D eigenvalue weighted by molar-refractivity contribution is 5.54. The van der Waals surface area contributed by atoms with Crippen molar-refractivity contribution in [3.8, 4) is 0 Å². The van der Waals surface area contributed by atoms with Crippen LogP contribution in [0.15, 0.2) is 12.3 Å². The average Bonchev–Trinajstić information content (AvgIpc) is 2.35. The van der Waals surface area contributed by atoms with Crippen LogP contribution in [0.3, 0.4) is 0 Å². The van der Waals surface area contributed by atoms with Gasteiger partial charge < -0.3 is 15.0 Å². The Morgan fingerprint density at radius 2 is 2.28 bits per heavy atom. The summed E-state index contributed by atoms with van der Waals surface area (Å²) in [5.41, 5.74) is 3.61. The summed E-state index contributed by atoms with van der Waals surface area (Å²) in [6.45, 7) is 8.97. The fourth-order valence-corrected chi connectivity index (χ4v) is 2.41. The lowest BCUT2D eigenvalue weighted by atomic mass is 10.1. The third-order valence-electron chi connectivity index (χ3n) is 3.38. The molecule has 0 aromatic carbocycles. The molecular formula is C14H23N3O. The highest BCUT2D eigenvalue weighted by Gasteiger charge is 2.25. The van der Waals surface area contributed by atoms with Crippen molar-refractivity contribution in [3.05, 3.63) is 23.5 Å². The van der Waals surface area contributed by atoms with E-state index in [-0.39, 0.29) is 6.10 Å². The SMILES string of the molecule is CNCc1cnc(C)cc1N1CC(C)OCC1C. The zero-order valence-corrected chi connectivity index (χ0v) is 11.7. The number of aryl methyl sites for hydroxylation is 1. The highest BCUT2D eigenvalue weighted by Crippen LogP contribution is 2.26. The largest absolute Gasteiger partial charge is 0.375 e. The van der Waals surface area contributed by atoms with E-state index in [2.05, 4.69) is 35.1 Å². The molecule has 1 saturated heterocycles. The molecular weight excluding hydrogens is 226 g/mol. The van der Waals surface area contributed by atoms with Gasteiger partial charge in [0, 0.05) is 42.3 Å². The maximum atomic E-state index is 5.70. The summed E-state index contributed by atoms with van der Waals surface area (Å²) in [6, 6.07) is 2.60. The molecule has 0 amide bonds. The van der Waals surface area contributed by atoms with Gasteiger partial charge in [-0.1, -0.05) is 0 Å². The minimum Gasteiger partial charge on any atom is -0.375 e. The van der Waals surface area contributed by atoms with Crippen molar-refractivity contribution < 1.29 is 4.74 Å². The van der Waals surface area contributed by atoms with Crippen molar-refractivity contribution in [2.75, 3.05) is 25.1 Å². The van der Waals surface area contributed by atoms with Crippen molar-refractivity contribution in [1.29, 1.82) is 0 Å². The first kappa shape index (κ1) is 13.3. The minimum atomic E-state index is 0.289. The number of rotatable bonds is 3. The molecule has 4 heteroatoms. The van der Waals surface area contributed by atoms with E-state index < -0.39 is 0 Å². The first-order chi connectivity index (χ1) is 8.61. The number of pyridine rings is 1. The van der Waals surface area contributed by atoms with Crippen LogP contribution in [0.4, 0.5) is 5.69 Å². The molecule has 0 saturated carbocycles. The van der Waals surface area contributed by atoms with Crippen LogP contribution in [0.25, 0.3) is 0 Å². The molecule has 2 atom stereocenters. The topological polar surface area (TPSA) is 37.4 Å². The van der Waals surface area contributed by atoms with Crippen LogP contribution in [0.5, 0.6) is 0 Å². The van der Waals surface area contributed by atoms with Gasteiger partial charge in [0.1, 0.15) is 0 Å². The molecule has 1 aliphatic rings. The van der Waals surface area contributed by atoms with E-state index in [9.17, 15) is 0 Å². The van der Waals surface area contributed by atoms with E-state index in [4.69, 9.17) is 4.74 Å². The Bertz CT molecular complexity index is 408. The number of nitrogens with zero attached hydrogens (tertiary/aromatic N) is 2. The molecule has 1 aromatic rings. The highest BCUT2D eigenvalue weighted by atomic mass is 16.5. The van der Waals surface area contributed by atoms with E-state index in [1.807, 2.05) is 20.2 Å². The molecule has 1 N–H and O–H groups in total. The molecule has 2 heterocycles. The fourth-order valence-electron chi connectivity index (χ4n) is 2.41. The smallest absolute Gasteiger partial charge is 0.0723 e. The molecule has 1 fully saturated rings. The Balaban J connectivity index is 2.32. The van der Waals surface area contributed by atoms with Crippen molar-refractivity contribution in [1.82, 2.24) is 10.3 Å². The van der Waals surface area contributed by atoms with Gasteiger partial charge in [0.2, 0.25) is 0 Å². The lowest BCUT2D eigenvalue weighted by Crippen LogP contribution is -2.48. The molecule has 1 aromatic heterocycles. The Morgan fingerprint density at radius 3 is 3.00 bits per heavy atom. The zero-order chi connectivity index (χ0) is 13.1. The maximum absolute atomic E-state index is 5.70. The molecule has 0 aliphatic carbocycles. The molecule has 1 aliphatic heterocycles. The number of anilines is 1. The van der Waals surface area contributed by atoms with Gasteiger partial charge in [-0.2, -0.15) is 0 Å². The Morgan fingerprint density at radius 1 is 1.50 bits per heavy atom.